The molecule has 1 saturated heterocycles. The SMILES string of the molecule is COCOC[C@@H]1OC(N)(C(Cl)(Cl)Cl)O[C@H]1/C=C(\C)C(=O)OC. The number of hydrogen-bond donors (Lipinski definition) is 1. The average molecular weight is 379 g/mol. The summed E-state index contributed by atoms with van der Waals surface area (Å²) in [6, 6.07) is 0. The fourth-order valence-corrected chi connectivity index (χ4v) is 1.99. The van der Waals surface area contributed by atoms with Crippen LogP contribution in [0.2, 0.25) is 0 Å². The maximum Gasteiger partial charge on any atom is 0.333 e. The molecular weight excluding hydrogens is 360 g/mol. The predicted octanol–water partition coefficient (Wildman–Crippen LogP) is 1.49. The molecule has 0 aromatic heterocycles. The van der Waals surface area contributed by atoms with Crippen LogP contribution in [0.5, 0.6) is 0 Å². The highest BCUT2D eigenvalue weighted by atomic mass is 35.6. The summed E-state index contributed by atoms with van der Waals surface area (Å²) >= 11 is 17.3. The summed E-state index contributed by atoms with van der Waals surface area (Å²) in [5.74, 6) is -2.50. The Morgan fingerprint density at radius 3 is 2.50 bits per heavy atom. The number of ether oxygens (including phenoxy) is 5. The van der Waals surface area contributed by atoms with Crippen LogP contribution in [0.3, 0.4) is 0 Å². The van der Waals surface area contributed by atoms with Crippen LogP contribution in [0.1, 0.15) is 6.92 Å². The number of rotatable bonds is 6. The van der Waals surface area contributed by atoms with Gasteiger partial charge >= 0.3 is 5.97 Å². The summed E-state index contributed by atoms with van der Waals surface area (Å²) < 4.78 is 23.5. The van der Waals surface area contributed by atoms with Crippen molar-refractivity contribution in [2.75, 3.05) is 27.6 Å². The molecule has 0 aliphatic carbocycles. The van der Waals surface area contributed by atoms with Crippen molar-refractivity contribution in [2.45, 2.75) is 28.8 Å². The first kappa shape index (κ1) is 19.9. The summed E-state index contributed by atoms with van der Waals surface area (Å²) in [7, 11) is 2.73. The summed E-state index contributed by atoms with van der Waals surface area (Å²) in [4.78, 5) is 11.5. The van der Waals surface area contributed by atoms with Gasteiger partial charge in [-0.15, -0.1) is 0 Å². The fraction of sp³-hybridized carbons (Fsp3) is 0.750. The van der Waals surface area contributed by atoms with E-state index in [1.54, 1.807) is 6.92 Å². The molecule has 0 aromatic rings. The third-order valence-electron chi connectivity index (χ3n) is 2.80. The van der Waals surface area contributed by atoms with Crippen molar-refractivity contribution in [3.63, 3.8) is 0 Å². The van der Waals surface area contributed by atoms with Crippen LogP contribution in [0.4, 0.5) is 0 Å². The second-order valence-electron chi connectivity index (χ2n) is 4.52. The molecule has 1 fully saturated rings. The molecule has 1 unspecified atom stereocenters. The summed E-state index contributed by atoms with van der Waals surface area (Å²) in [6.45, 7) is 1.65. The number of esters is 1. The first-order valence-corrected chi connectivity index (χ1v) is 7.32. The van der Waals surface area contributed by atoms with Crippen molar-refractivity contribution in [2.24, 2.45) is 5.73 Å². The summed E-state index contributed by atoms with van der Waals surface area (Å²) in [5, 5.41) is 0. The van der Waals surface area contributed by atoms with E-state index < -0.39 is 27.9 Å². The van der Waals surface area contributed by atoms with E-state index in [4.69, 9.17) is 59.5 Å². The van der Waals surface area contributed by atoms with Crippen LogP contribution in [0, 0.1) is 0 Å². The molecule has 0 amide bonds. The van der Waals surface area contributed by atoms with E-state index in [0.29, 0.717) is 5.57 Å². The lowest BCUT2D eigenvalue weighted by Gasteiger charge is -2.29. The molecule has 0 saturated carbocycles. The van der Waals surface area contributed by atoms with Crippen LogP contribution in [0.25, 0.3) is 0 Å². The van der Waals surface area contributed by atoms with Crippen molar-refractivity contribution in [1.29, 1.82) is 0 Å². The Bertz CT molecular complexity index is 428. The maximum atomic E-state index is 11.5. The second-order valence-corrected chi connectivity index (χ2v) is 6.80. The number of carbonyl (C=O) groups is 1. The minimum absolute atomic E-state index is 0.0393. The minimum atomic E-state index is -2.03. The van der Waals surface area contributed by atoms with Gasteiger partial charge in [-0.05, 0) is 13.0 Å². The Kier molecular flexibility index (Phi) is 7.35. The number of methoxy groups -OCH3 is 2. The lowest BCUT2D eigenvalue weighted by atomic mass is 10.1. The van der Waals surface area contributed by atoms with Crippen LogP contribution in [-0.4, -0.2) is 55.5 Å². The monoisotopic (exact) mass is 377 g/mol. The molecule has 3 atom stereocenters. The molecule has 1 rings (SSSR count). The summed E-state index contributed by atoms with van der Waals surface area (Å²) in [6.07, 6.45) is 0.00414. The highest BCUT2D eigenvalue weighted by Crippen LogP contribution is 2.44. The summed E-state index contributed by atoms with van der Waals surface area (Å²) in [5.41, 5.74) is 6.13. The van der Waals surface area contributed by atoms with Crippen molar-refractivity contribution in [3.8, 4) is 0 Å². The van der Waals surface area contributed by atoms with Gasteiger partial charge in [0.2, 0.25) is 0 Å². The second kappa shape index (κ2) is 8.12. The third kappa shape index (κ3) is 4.94. The Labute approximate surface area is 143 Å². The number of alkyl halides is 3. The van der Waals surface area contributed by atoms with Gasteiger partial charge in [0.1, 0.15) is 19.0 Å². The lowest BCUT2D eigenvalue weighted by molar-refractivity contribution is -0.172. The van der Waals surface area contributed by atoms with Crippen LogP contribution >= 0.6 is 34.8 Å². The first-order valence-electron chi connectivity index (χ1n) is 6.19. The zero-order valence-corrected chi connectivity index (χ0v) is 14.6. The molecule has 10 heteroatoms. The Balaban J connectivity index is 2.92. The molecule has 1 aliphatic rings. The number of halogens is 3. The fourth-order valence-electron chi connectivity index (χ4n) is 1.72. The van der Waals surface area contributed by atoms with Gasteiger partial charge in [-0.1, -0.05) is 34.8 Å². The van der Waals surface area contributed by atoms with Crippen LogP contribution in [-0.2, 0) is 28.5 Å². The van der Waals surface area contributed by atoms with E-state index in [2.05, 4.69) is 4.74 Å². The van der Waals surface area contributed by atoms with Gasteiger partial charge in [0.25, 0.3) is 9.70 Å². The standard InChI is InChI=1S/C12H18Cl3NO6/c1-7(10(17)19-3)4-8-9(5-20-6-18-2)22-12(16,21-8)11(13,14)15/h4,8-9H,5-6,16H2,1-3H3/b7-4+/t8-,9-,12?/m0/s1. The van der Waals surface area contributed by atoms with Gasteiger partial charge in [0.15, 0.2) is 0 Å². The molecule has 1 heterocycles. The maximum absolute atomic E-state index is 11.5. The Morgan fingerprint density at radius 1 is 1.36 bits per heavy atom. The van der Waals surface area contributed by atoms with E-state index in [-0.39, 0.29) is 13.4 Å². The molecule has 0 bridgehead atoms. The van der Waals surface area contributed by atoms with E-state index >= 15 is 0 Å². The van der Waals surface area contributed by atoms with Gasteiger partial charge in [0.05, 0.1) is 13.7 Å². The van der Waals surface area contributed by atoms with Gasteiger partial charge < -0.3 is 23.7 Å². The molecule has 22 heavy (non-hydrogen) atoms. The first-order chi connectivity index (χ1) is 10.1. The van der Waals surface area contributed by atoms with Crippen LogP contribution in [0.15, 0.2) is 11.6 Å². The molecular formula is C12H18Cl3NO6. The molecule has 7 nitrogen and oxygen atoms in total. The van der Waals surface area contributed by atoms with E-state index in [1.807, 2.05) is 0 Å². The minimum Gasteiger partial charge on any atom is -0.466 e. The molecule has 2 N–H and O–H groups in total. The van der Waals surface area contributed by atoms with Crippen molar-refractivity contribution < 1.29 is 28.5 Å². The zero-order valence-electron chi connectivity index (χ0n) is 12.3. The molecule has 0 spiro atoms. The molecule has 0 radical (unpaired) electrons. The van der Waals surface area contributed by atoms with Gasteiger partial charge in [0, 0.05) is 12.7 Å². The normalized spacial score (nSPS) is 29.7. The Morgan fingerprint density at radius 2 is 2.00 bits per heavy atom. The van der Waals surface area contributed by atoms with E-state index in [9.17, 15) is 4.79 Å². The highest BCUT2D eigenvalue weighted by molar-refractivity contribution is 6.68. The molecule has 1 aliphatic heterocycles. The lowest BCUT2D eigenvalue weighted by Crippen LogP contribution is -2.53. The quantitative estimate of drug-likeness (QED) is 0.246. The van der Waals surface area contributed by atoms with Crippen molar-refractivity contribution in [1.82, 2.24) is 0 Å². The third-order valence-corrected chi connectivity index (χ3v) is 3.59. The van der Waals surface area contributed by atoms with Gasteiger partial charge in [-0.3, -0.25) is 5.73 Å². The zero-order chi connectivity index (χ0) is 17.0. The molecule has 0 aromatic carbocycles. The number of hydrogen-bond acceptors (Lipinski definition) is 7. The topological polar surface area (TPSA) is 89.2 Å². The highest BCUT2D eigenvalue weighted by Gasteiger charge is 2.57. The van der Waals surface area contributed by atoms with E-state index in [1.165, 1.54) is 20.3 Å². The van der Waals surface area contributed by atoms with Crippen molar-refractivity contribution >= 4 is 40.8 Å². The number of nitrogens with two attached hydrogens (primary N) is 1. The van der Waals surface area contributed by atoms with Gasteiger partial charge in [-0.2, -0.15) is 0 Å². The average Bonchev–Trinajstić information content (AvgIpc) is 2.75. The Hall–Kier alpha value is -0.120. The van der Waals surface area contributed by atoms with Crippen molar-refractivity contribution in [3.05, 3.63) is 11.6 Å². The van der Waals surface area contributed by atoms with Gasteiger partial charge in [-0.25, -0.2) is 4.79 Å². The largest absolute Gasteiger partial charge is 0.466 e. The predicted molar refractivity (Wildman–Crippen MR) is 80.6 cm³/mol. The van der Waals surface area contributed by atoms with Crippen LogP contribution < -0.4 is 5.73 Å². The number of carbonyl (C=O) groups excluding carboxylic acids is 1. The van der Waals surface area contributed by atoms with E-state index in [0.717, 1.165) is 0 Å². The molecule has 128 valence electrons. The smallest absolute Gasteiger partial charge is 0.333 e.